The van der Waals surface area contributed by atoms with Crippen LogP contribution in [0.5, 0.6) is 0 Å². The zero-order valence-electron chi connectivity index (χ0n) is 17.3. The molecule has 3 aromatic rings. The lowest BCUT2D eigenvalue weighted by Gasteiger charge is -2.27. The lowest BCUT2D eigenvalue weighted by atomic mass is 9.93. The van der Waals surface area contributed by atoms with Crippen LogP contribution in [0.4, 0.5) is 15.9 Å². The smallest absolute Gasteiger partial charge is 0.301 e. The monoisotopic (exact) mass is 458 g/mol. The molecule has 1 aromatic carbocycles. The van der Waals surface area contributed by atoms with Crippen LogP contribution in [0.3, 0.4) is 0 Å². The van der Waals surface area contributed by atoms with Crippen LogP contribution in [0.15, 0.2) is 30.7 Å². The average Bonchev–Trinajstić information content (AvgIpc) is 3.42. The number of hydrogen-bond donors (Lipinski definition) is 3. The molecular weight excluding hydrogens is 435 g/mol. The number of ketones is 1. The molecule has 9 nitrogen and oxygen atoms in total. The van der Waals surface area contributed by atoms with Gasteiger partial charge in [-0.05, 0) is 44.2 Å². The minimum absolute atomic E-state index is 0.223. The summed E-state index contributed by atoms with van der Waals surface area (Å²) in [7, 11) is -3.89. The molecule has 1 aliphatic carbocycles. The molecule has 11 heteroatoms. The molecule has 5 rings (SSSR count). The van der Waals surface area contributed by atoms with E-state index in [1.807, 2.05) is 0 Å². The molecule has 0 atom stereocenters. The van der Waals surface area contributed by atoms with Gasteiger partial charge in [0.25, 0.3) is 0 Å². The number of hydrogen-bond acceptors (Lipinski definition) is 6. The van der Waals surface area contributed by atoms with E-state index in [1.165, 1.54) is 35.0 Å². The second-order valence-electron chi connectivity index (χ2n) is 8.13. The quantitative estimate of drug-likeness (QED) is 0.468. The van der Waals surface area contributed by atoms with Crippen molar-refractivity contribution in [2.75, 3.05) is 23.1 Å². The average molecular weight is 459 g/mol. The van der Waals surface area contributed by atoms with Crippen LogP contribution in [0, 0.1) is 5.82 Å². The van der Waals surface area contributed by atoms with E-state index in [0.717, 1.165) is 32.1 Å². The topological polar surface area (TPSA) is 120 Å². The Bertz CT molecular complexity index is 1280. The van der Waals surface area contributed by atoms with Gasteiger partial charge in [-0.1, -0.05) is 6.07 Å². The van der Waals surface area contributed by atoms with E-state index in [1.54, 1.807) is 0 Å². The predicted octanol–water partition coefficient (Wildman–Crippen LogP) is 3.04. The third-order valence-electron chi connectivity index (χ3n) is 6.05. The zero-order valence-corrected chi connectivity index (χ0v) is 18.1. The van der Waals surface area contributed by atoms with Gasteiger partial charge in [0.1, 0.15) is 17.8 Å². The van der Waals surface area contributed by atoms with Gasteiger partial charge in [-0.2, -0.15) is 12.7 Å². The summed E-state index contributed by atoms with van der Waals surface area (Å²) in [6.07, 6.45) is 7.59. The van der Waals surface area contributed by atoms with Gasteiger partial charge >= 0.3 is 10.2 Å². The van der Waals surface area contributed by atoms with Gasteiger partial charge < -0.3 is 10.3 Å². The molecule has 1 saturated heterocycles. The number of benzene rings is 1. The Morgan fingerprint density at radius 2 is 1.91 bits per heavy atom. The molecule has 1 saturated carbocycles. The number of rotatable bonds is 7. The molecule has 168 valence electrons. The van der Waals surface area contributed by atoms with Crippen molar-refractivity contribution in [1.82, 2.24) is 19.3 Å². The number of aromatic nitrogens is 3. The van der Waals surface area contributed by atoms with Crippen LogP contribution >= 0.6 is 0 Å². The largest absolute Gasteiger partial charge is 0.367 e. The molecule has 32 heavy (non-hydrogen) atoms. The highest BCUT2D eigenvalue weighted by Gasteiger charge is 2.28. The molecule has 0 amide bonds. The van der Waals surface area contributed by atoms with Crippen molar-refractivity contribution >= 4 is 38.5 Å². The van der Waals surface area contributed by atoms with E-state index in [4.69, 9.17) is 0 Å². The molecule has 2 aliphatic rings. The first kappa shape index (κ1) is 20.8. The van der Waals surface area contributed by atoms with Crippen molar-refractivity contribution in [1.29, 1.82) is 0 Å². The lowest BCUT2D eigenvalue weighted by molar-refractivity contribution is 0.103. The van der Waals surface area contributed by atoms with Crippen molar-refractivity contribution in [2.45, 2.75) is 38.1 Å². The van der Waals surface area contributed by atoms with Gasteiger partial charge in [0.2, 0.25) is 0 Å². The summed E-state index contributed by atoms with van der Waals surface area (Å²) in [6.45, 7) is 0.781. The SMILES string of the molecule is O=C(c1cccc(NS(=O)(=O)N2CCCC2)c1F)c1c[nH]c2ncnc(NC3CCC3)c12. The molecule has 0 bridgehead atoms. The minimum atomic E-state index is -3.89. The van der Waals surface area contributed by atoms with Gasteiger partial charge in [-0.15, -0.1) is 0 Å². The Morgan fingerprint density at radius 1 is 1.12 bits per heavy atom. The van der Waals surface area contributed by atoms with E-state index in [-0.39, 0.29) is 22.9 Å². The van der Waals surface area contributed by atoms with Crippen molar-refractivity contribution in [2.24, 2.45) is 0 Å². The van der Waals surface area contributed by atoms with Crippen LogP contribution in [-0.2, 0) is 10.2 Å². The number of carbonyl (C=O) groups is 1. The summed E-state index contributed by atoms with van der Waals surface area (Å²) in [5.41, 5.74) is 0.204. The fourth-order valence-electron chi connectivity index (χ4n) is 4.06. The van der Waals surface area contributed by atoms with Crippen LogP contribution in [0.1, 0.15) is 48.0 Å². The fourth-order valence-corrected chi connectivity index (χ4v) is 5.36. The Labute approximate surface area is 184 Å². The first-order valence-corrected chi connectivity index (χ1v) is 12.1. The predicted molar refractivity (Wildman–Crippen MR) is 118 cm³/mol. The van der Waals surface area contributed by atoms with Crippen LogP contribution < -0.4 is 10.0 Å². The van der Waals surface area contributed by atoms with Crippen molar-refractivity contribution in [3.63, 3.8) is 0 Å². The van der Waals surface area contributed by atoms with E-state index in [2.05, 4.69) is 25.0 Å². The van der Waals surface area contributed by atoms with E-state index in [9.17, 15) is 13.2 Å². The number of H-pyrrole nitrogens is 1. The first-order valence-electron chi connectivity index (χ1n) is 10.6. The van der Waals surface area contributed by atoms with Gasteiger partial charge in [0.05, 0.1) is 22.2 Å². The maximum absolute atomic E-state index is 15.3. The molecule has 0 spiro atoms. The van der Waals surface area contributed by atoms with Gasteiger partial charge in [-0.3, -0.25) is 9.52 Å². The fraction of sp³-hybridized carbons (Fsp3) is 0.381. The molecule has 3 N–H and O–H groups in total. The number of halogens is 1. The van der Waals surface area contributed by atoms with Gasteiger partial charge in [0, 0.05) is 25.3 Å². The Kier molecular flexibility index (Phi) is 5.30. The molecular formula is C21H23FN6O3S. The highest BCUT2D eigenvalue weighted by molar-refractivity contribution is 7.90. The number of aromatic amines is 1. The van der Waals surface area contributed by atoms with E-state index in [0.29, 0.717) is 29.9 Å². The highest BCUT2D eigenvalue weighted by atomic mass is 32.2. The highest BCUT2D eigenvalue weighted by Crippen LogP contribution is 2.31. The number of nitrogens with one attached hydrogen (secondary N) is 3. The number of nitrogens with zero attached hydrogens (tertiary/aromatic N) is 3. The second kappa shape index (κ2) is 8.14. The Balaban J connectivity index is 1.48. The lowest BCUT2D eigenvalue weighted by Crippen LogP contribution is -2.33. The number of carbonyl (C=O) groups excluding carboxylic acids is 1. The summed E-state index contributed by atoms with van der Waals surface area (Å²) in [5, 5.41) is 3.82. The molecule has 1 aliphatic heterocycles. The van der Waals surface area contributed by atoms with Crippen LogP contribution in [0.25, 0.3) is 11.0 Å². The molecule has 0 radical (unpaired) electrons. The van der Waals surface area contributed by atoms with Crippen molar-refractivity contribution in [3.05, 3.63) is 47.7 Å². The molecule has 2 aromatic heterocycles. The van der Waals surface area contributed by atoms with Crippen molar-refractivity contribution in [3.8, 4) is 0 Å². The first-order chi connectivity index (χ1) is 15.4. The van der Waals surface area contributed by atoms with E-state index < -0.39 is 21.8 Å². The van der Waals surface area contributed by atoms with Crippen LogP contribution in [-0.4, -0.2) is 52.6 Å². The third kappa shape index (κ3) is 3.71. The zero-order chi connectivity index (χ0) is 22.3. The molecule has 0 unspecified atom stereocenters. The Morgan fingerprint density at radius 3 is 2.62 bits per heavy atom. The standard InChI is InChI=1S/C21H23FN6O3S/c22-18-14(7-4-8-16(18)27-32(30,31)28-9-1-2-10-28)19(29)15-11-23-20-17(15)21(25-12-24-20)26-13-5-3-6-13/h4,7-8,11-13,27H,1-3,5-6,9-10H2,(H2,23,24,25,26). The number of anilines is 2. The summed E-state index contributed by atoms with van der Waals surface area (Å²) in [4.78, 5) is 24.7. The minimum Gasteiger partial charge on any atom is -0.367 e. The maximum atomic E-state index is 15.3. The number of fused-ring (bicyclic) bond motifs is 1. The van der Waals surface area contributed by atoms with Crippen molar-refractivity contribution < 1.29 is 17.6 Å². The summed E-state index contributed by atoms with van der Waals surface area (Å²) < 4.78 is 43.9. The summed E-state index contributed by atoms with van der Waals surface area (Å²) in [5.74, 6) is -0.974. The third-order valence-corrected chi connectivity index (χ3v) is 7.57. The molecule has 2 fully saturated rings. The van der Waals surface area contributed by atoms with Gasteiger partial charge in [-0.25, -0.2) is 14.4 Å². The summed E-state index contributed by atoms with van der Waals surface area (Å²) >= 11 is 0. The summed E-state index contributed by atoms with van der Waals surface area (Å²) in [6, 6.07) is 4.39. The maximum Gasteiger partial charge on any atom is 0.301 e. The van der Waals surface area contributed by atoms with E-state index >= 15 is 4.39 Å². The Hall–Kier alpha value is -3.05. The normalized spacial score (nSPS) is 17.4. The second-order valence-corrected chi connectivity index (χ2v) is 9.80. The van der Waals surface area contributed by atoms with Crippen LogP contribution in [0.2, 0.25) is 0 Å². The van der Waals surface area contributed by atoms with Gasteiger partial charge in [0.15, 0.2) is 11.6 Å². The molecule has 3 heterocycles.